The summed E-state index contributed by atoms with van der Waals surface area (Å²) < 4.78 is 11.8. The topological polar surface area (TPSA) is 69.2 Å². The molecule has 0 aliphatic carbocycles. The molecular formula is C25H27N3O2S. The molecule has 0 aliphatic heterocycles. The van der Waals surface area contributed by atoms with Crippen LogP contribution < -0.4 is 15.2 Å². The normalized spacial score (nSPS) is 11.6. The van der Waals surface area contributed by atoms with Crippen molar-refractivity contribution in [1.29, 1.82) is 0 Å². The molecule has 0 amide bonds. The van der Waals surface area contributed by atoms with Crippen molar-refractivity contribution in [2.75, 3.05) is 6.61 Å². The van der Waals surface area contributed by atoms with Crippen LogP contribution in [0.1, 0.15) is 29.2 Å². The highest BCUT2D eigenvalue weighted by atomic mass is 32.2. The van der Waals surface area contributed by atoms with E-state index >= 15 is 0 Å². The summed E-state index contributed by atoms with van der Waals surface area (Å²) >= 11 is 1.45. The number of aryl methyl sites for hydroxylation is 1. The van der Waals surface area contributed by atoms with Gasteiger partial charge in [-0.25, -0.2) is 0 Å². The second-order valence-electron chi connectivity index (χ2n) is 6.81. The number of hydrogen-bond donors (Lipinski definition) is 1. The highest BCUT2D eigenvalue weighted by molar-refractivity contribution is 8.13. The Kier molecular flexibility index (Phi) is 8.55. The van der Waals surface area contributed by atoms with Gasteiger partial charge in [0.15, 0.2) is 16.7 Å². The molecule has 0 aliphatic rings. The summed E-state index contributed by atoms with van der Waals surface area (Å²) in [6.45, 7) is 5.05. The number of rotatable bonds is 9. The first kappa shape index (κ1) is 22.4. The van der Waals surface area contributed by atoms with Crippen LogP contribution in [-0.4, -0.2) is 18.0 Å². The number of nitrogens with two attached hydrogens (primary N) is 1. The van der Waals surface area contributed by atoms with Gasteiger partial charge in [0.2, 0.25) is 0 Å². The predicted molar refractivity (Wildman–Crippen MR) is 130 cm³/mol. The van der Waals surface area contributed by atoms with Crippen molar-refractivity contribution in [1.82, 2.24) is 0 Å². The SMILES string of the molecule is CCOc1cc(C=NN=C(N)SCc2ccccc2)ccc1OCc1ccccc1C. The van der Waals surface area contributed by atoms with Gasteiger partial charge in [-0.05, 0) is 54.3 Å². The van der Waals surface area contributed by atoms with Gasteiger partial charge in [-0.1, -0.05) is 66.4 Å². The molecule has 0 aromatic heterocycles. The van der Waals surface area contributed by atoms with Crippen LogP contribution in [0, 0.1) is 6.92 Å². The molecular weight excluding hydrogens is 406 g/mol. The van der Waals surface area contributed by atoms with Crippen molar-refractivity contribution in [3.8, 4) is 11.5 Å². The number of benzene rings is 3. The third-order valence-corrected chi connectivity index (χ3v) is 5.36. The van der Waals surface area contributed by atoms with Crippen molar-refractivity contribution >= 4 is 23.1 Å². The van der Waals surface area contributed by atoms with Crippen LogP contribution in [0.2, 0.25) is 0 Å². The van der Waals surface area contributed by atoms with Crippen LogP contribution in [0.15, 0.2) is 83.0 Å². The van der Waals surface area contributed by atoms with Gasteiger partial charge in [-0.15, -0.1) is 5.10 Å². The van der Waals surface area contributed by atoms with Gasteiger partial charge < -0.3 is 15.2 Å². The standard InChI is InChI=1S/C25H27N3O2S/c1-3-29-24-15-21(13-14-23(24)30-17-22-12-8-7-9-19(22)2)16-27-28-25(26)31-18-20-10-5-4-6-11-20/h4-16H,3,17-18H2,1-2H3,(H2,26,28). The summed E-state index contributed by atoms with van der Waals surface area (Å²) in [5.41, 5.74) is 10.3. The molecule has 160 valence electrons. The quantitative estimate of drug-likeness (QED) is 0.273. The first-order chi connectivity index (χ1) is 15.2. The van der Waals surface area contributed by atoms with E-state index in [2.05, 4.69) is 41.4 Å². The number of thioether (sulfide) groups is 1. The number of ether oxygens (including phenoxy) is 2. The summed E-state index contributed by atoms with van der Waals surface area (Å²) in [7, 11) is 0. The second-order valence-corrected chi connectivity index (χ2v) is 7.81. The Morgan fingerprint density at radius 1 is 0.968 bits per heavy atom. The van der Waals surface area contributed by atoms with Gasteiger partial charge in [-0.3, -0.25) is 0 Å². The van der Waals surface area contributed by atoms with E-state index in [4.69, 9.17) is 15.2 Å². The monoisotopic (exact) mass is 433 g/mol. The summed E-state index contributed by atoms with van der Waals surface area (Å²) in [5, 5.41) is 8.60. The van der Waals surface area contributed by atoms with Gasteiger partial charge >= 0.3 is 0 Å². The lowest BCUT2D eigenvalue weighted by Gasteiger charge is -2.13. The molecule has 5 nitrogen and oxygen atoms in total. The second kappa shape index (κ2) is 11.8. The zero-order chi connectivity index (χ0) is 21.9. The van der Waals surface area contributed by atoms with Crippen LogP contribution in [0.5, 0.6) is 11.5 Å². The van der Waals surface area contributed by atoms with Gasteiger partial charge in [-0.2, -0.15) is 5.10 Å². The average Bonchev–Trinajstić information content (AvgIpc) is 2.79. The van der Waals surface area contributed by atoms with Crippen molar-refractivity contribution in [2.45, 2.75) is 26.2 Å². The Balaban J connectivity index is 1.62. The first-order valence-corrected chi connectivity index (χ1v) is 11.1. The zero-order valence-electron chi connectivity index (χ0n) is 17.8. The minimum Gasteiger partial charge on any atom is -0.490 e. The van der Waals surface area contributed by atoms with Crippen molar-refractivity contribution in [3.05, 3.63) is 95.1 Å². The van der Waals surface area contributed by atoms with E-state index in [1.54, 1.807) is 6.21 Å². The van der Waals surface area contributed by atoms with E-state index in [-0.39, 0.29) is 0 Å². The number of hydrogen-bond acceptors (Lipinski definition) is 5. The molecule has 0 saturated heterocycles. The molecule has 0 atom stereocenters. The van der Waals surface area contributed by atoms with Gasteiger partial charge in [0.05, 0.1) is 12.8 Å². The maximum Gasteiger partial charge on any atom is 0.180 e. The lowest BCUT2D eigenvalue weighted by Crippen LogP contribution is -2.06. The summed E-state index contributed by atoms with van der Waals surface area (Å²) in [6, 6.07) is 24.0. The maximum absolute atomic E-state index is 6.01. The van der Waals surface area contributed by atoms with Gasteiger partial charge in [0.1, 0.15) is 6.61 Å². The fraction of sp³-hybridized carbons (Fsp3) is 0.200. The average molecular weight is 434 g/mol. The largest absolute Gasteiger partial charge is 0.490 e. The minimum atomic E-state index is 0.420. The molecule has 3 aromatic carbocycles. The third kappa shape index (κ3) is 7.19. The van der Waals surface area contributed by atoms with Crippen LogP contribution in [0.3, 0.4) is 0 Å². The molecule has 0 radical (unpaired) electrons. The summed E-state index contributed by atoms with van der Waals surface area (Å²) in [6.07, 6.45) is 1.66. The van der Waals surface area contributed by atoms with Crippen LogP contribution in [0.25, 0.3) is 0 Å². The van der Waals surface area contributed by atoms with Crippen molar-refractivity contribution < 1.29 is 9.47 Å². The van der Waals surface area contributed by atoms with Crippen LogP contribution >= 0.6 is 11.8 Å². The van der Waals surface area contributed by atoms with E-state index in [0.29, 0.717) is 29.9 Å². The third-order valence-electron chi connectivity index (χ3n) is 4.50. The molecule has 0 unspecified atom stereocenters. The molecule has 3 aromatic rings. The van der Waals surface area contributed by atoms with E-state index in [1.165, 1.54) is 22.9 Å². The number of amidine groups is 1. The van der Waals surface area contributed by atoms with E-state index in [1.807, 2.05) is 55.5 Å². The zero-order valence-corrected chi connectivity index (χ0v) is 18.6. The smallest absolute Gasteiger partial charge is 0.180 e. The molecule has 0 heterocycles. The van der Waals surface area contributed by atoms with E-state index in [9.17, 15) is 0 Å². The molecule has 0 saturated carbocycles. The Hall–Kier alpha value is -3.25. The molecule has 2 N–H and O–H groups in total. The minimum absolute atomic E-state index is 0.420. The molecule has 31 heavy (non-hydrogen) atoms. The molecule has 0 spiro atoms. The molecule has 6 heteroatoms. The Bertz CT molecular complexity index is 1040. The van der Waals surface area contributed by atoms with Crippen molar-refractivity contribution in [2.24, 2.45) is 15.9 Å². The highest BCUT2D eigenvalue weighted by Crippen LogP contribution is 2.29. The summed E-state index contributed by atoms with van der Waals surface area (Å²) in [4.78, 5) is 0. The predicted octanol–water partition coefficient (Wildman–Crippen LogP) is 5.55. The molecule has 3 rings (SSSR count). The van der Waals surface area contributed by atoms with E-state index < -0.39 is 0 Å². The van der Waals surface area contributed by atoms with Crippen LogP contribution in [-0.2, 0) is 12.4 Å². The molecule has 0 bridgehead atoms. The lowest BCUT2D eigenvalue weighted by atomic mass is 10.1. The highest BCUT2D eigenvalue weighted by Gasteiger charge is 2.07. The Labute approximate surface area is 188 Å². The van der Waals surface area contributed by atoms with Gasteiger partial charge in [0, 0.05) is 5.75 Å². The Morgan fingerprint density at radius 3 is 2.52 bits per heavy atom. The number of nitrogens with zero attached hydrogens (tertiary/aromatic N) is 2. The van der Waals surface area contributed by atoms with E-state index in [0.717, 1.165) is 16.9 Å². The summed E-state index contributed by atoms with van der Waals surface area (Å²) in [5.74, 6) is 2.13. The fourth-order valence-corrected chi connectivity index (χ4v) is 3.44. The van der Waals surface area contributed by atoms with Crippen molar-refractivity contribution in [3.63, 3.8) is 0 Å². The Morgan fingerprint density at radius 2 is 1.74 bits per heavy atom. The maximum atomic E-state index is 6.01. The molecule has 0 fully saturated rings. The fourth-order valence-electron chi connectivity index (χ4n) is 2.83. The lowest BCUT2D eigenvalue weighted by molar-refractivity contribution is 0.269. The van der Waals surface area contributed by atoms with Crippen LogP contribution in [0.4, 0.5) is 0 Å². The first-order valence-electron chi connectivity index (χ1n) is 10.1. The van der Waals surface area contributed by atoms with Gasteiger partial charge in [0.25, 0.3) is 0 Å².